The summed E-state index contributed by atoms with van der Waals surface area (Å²) in [5.74, 6) is 0.543. The number of hydrogen-bond donors (Lipinski definition) is 1. The second-order valence-electron chi connectivity index (χ2n) is 3.35. The molecule has 8 heteroatoms. The zero-order valence-corrected chi connectivity index (χ0v) is 11.3. The maximum atomic E-state index is 12.3. The van der Waals surface area contributed by atoms with Gasteiger partial charge >= 0.3 is 6.36 Å². The third-order valence-corrected chi connectivity index (χ3v) is 3.38. The van der Waals surface area contributed by atoms with E-state index in [1.807, 2.05) is 0 Å². The molecule has 1 heterocycles. The lowest BCUT2D eigenvalue weighted by molar-refractivity contribution is -0.274. The van der Waals surface area contributed by atoms with Gasteiger partial charge in [-0.2, -0.15) is 0 Å². The Bertz CT molecular complexity index is 479. The van der Waals surface area contributed by atoms with Crippen molar-refractivity contribution in [3.8, 4) is 5.75 Å². The van der Waals surface area contributed by atoms with Crippen molar-refractivity contribution in [2.45, 2.75) is 6.36 Å². The zero-order chi connectivity index (χ0) is 13.2. The normalized spacial score (nSPS) is 15.4. The summed E-state index contributed by atoms with van der Waals surface area (Å²) >= 11 is 4.56. The highest BCUT2D eigenvalue weighted by molar-refractivity contribution is 9.10. The van der Waals surface area contributed by atoms with Crippen LogP contribution in [0, 0.1) is 0 Å². The topological polar surface area (TPSA) is 33.6 Å². The van der Waals surface area contributed by atoms with Gasteiger partial charge in [-0.1, -0.05) is 27.7 Å². The van der Waals surface area contributed by atoms with Crippen molar-refractivity contribution in [2.24, 2.45) is 4.99 Å². The first-order valence-corrected chi connectivity index (χ1v) is 6.71. The van der Waals surface area contributed by atoms with E-state index in [1.165, 1.54) is 23.9 Å². The van der Waals surface area contributed by atoms with Crippen LogP contribution in [0.4, 0.5) is 18.9 Å². The van der Waals surface area contributed by atoms with Crippen molar-refractivity contribution in [3.63, 3.8) is 0 Å². The minimum absolute atomic E-state index is 0.240. The van der Waals surface area contributed by atoms with Crippen LogP contribution in [0.2, 0.25) is 0 Å². The maximum absolute atomic E-state index is 12.3. The molecule has 1 aliphatic heterocycles. The van der Waals surface area contributed by atoms with Crippen molar-refractivity contribution in [3.05, 3.63) is 22.7 Å². The average molecular weight is 341 g/mol. The molecular formula is C10H8BrF3N2OS. The molecule has 3 nitrogen and oxygen atoms in total. The zero-order valence-electron chi connectivity index (χ0n) is 8.92. The van der Waals surface area contributed by atoms with E-state index in [1.54, 1.807) is 6.07 Å². The van der Waals surface area contributed by atoms with E-state index in [-0.39, 0.29) is 11.4 Å². The number of nitrogens with zero attached hydrogens (tertiary/aromatic N) is 1. The van der Waals surface area contributed by atoms with Crippen LogP contribution in [0.3, 0.4) is 0 Å². The summed E-state index contributed by atoms with van der Waals surface area (Å²) in [6, 6.07) is 4.40. The molecule has 0 spiro atoms. The van der Waals surface area contributed by atoms with Crippen LogP contribution < -0.4 is 10.1 Å². The van der Waals surface area contributed by atoms with Gasteiger partial charge in [0.25, 0.3) is 0 Å². The van der Waals surface area contributed by atoms with Crippen LogP contribution in [0.1, 0.15) is 0 Å². The number of hydrogen-bond acceptors (Lipinski definition) is 4. The third-order valence-electron chi connectivity index (χ3n) is 2.00. The fourth-order valence-corrected chi connectivity index (χ4v) is 2.42. The summed E-state index contributed by atoms with van der Waals surface area (Å²) in [6.45, 7) is 0.666. The van der Waals surface area contributed by atoms with Gasteiger partial charge in [0.05, 0.1) is 12.2 Å². The molecule has 1 N–H and O–H groups in total. The number of benzene rings is 1. The predicted octanol–water partition coefficient (Wildman–Crippen LogP) is 3.86. The average Bonchev–Trinajstić information content (AvgIpc) is 2.72. The van der Waals surface area contributed by atoms with Gasteiger partial charge in [0.15, 0.2) is 10.9 Å². The molecule has 0 saturated heterocycles. The predicted molar refractivity (Wildman–Crippen MR) is 69.2 cm³/mol. The molecule has 1 aliphatic rings. The van der Waals surface area contributed by atoms with Crippen molar-refractivity contribution >= 4 is 38.5 Å². The van der Waals surface area contributed by atoms with Crippen LogP contribution >= 0.6 is 27.7 Å². The molecule has 1 aromatic rings. The standard InChI is InChI=1S/C10H8BrF3N2OS/c11-6-1-2-7(16-9-15-3-4-18-9)8(5-6)17-10(12,13)14/h1-2,5H,3-4H2,(H,15,16). The first-order chi connectivity index (χ1) is 8.44. The summed E-state index contributed by atoms with van der Waals surface area (Å²) in [5.41, 5.74) is 0.240. The highest BCUT2D eigenvalue weighted by Crippen LogP contribution is 2.33. The third kappa shape index (κ3) is 3.81. The van der Waals surface area contributed by atoms with E-state index in [0.717, 1.165) is 5.75 Å². The van der Waals surface area contributed by atoms with Crippen LogP contribution in [0.5, 0.6) is 5.75 Å². The minimum atomic E-state index is -4.72. The molecule has 0 atom stereocenters. The smallest absolute Gasteiger partial charge is 0.404 e. The molecule has 0 fully saturated rings. The Kier molecular flexibility index (Phi) is 4.06. The Morgan fingerprint density at radius 3 is 2.78 bits per heavy atom. The SMILES string of the molecule is FC(F)(F)Oc1cc(Br)ccc1NC1=NCCS1. The van der Waals surface area contributed by atoms with Gasteiger partial charge in [-0.25, -0.2) is 0 Å². The van der Waals surface area contributed by atoms with Crippen molar-refractivity contribution in [1.82, 2.24) is 0 Å². The summed E-state index contributed by atoms with van der Waals surface area (Å²) in [4.78, 5) is 4.11. The van der Waals surface area contributed by atoms with Gasteiger partial charge in [0, 0.05) is 10.2 Å². The van der Waals surface area contributed by atoms with Crippen molar-refractivity contribution in [2.75, 3.05) is 17.6 Å². The Morgan fingerprint density at radius 2 is 2.17 bits per heavy atom. The molecule has 0 aliphatic carbocycles. The van der Waals surface area contributed by atoms with Crippen molar-refractivity contribution < 1.29 is 17.9 Å². The molecule has 0 radical (unpaired) electrons. The van der Waals surface area contributed by atoms with Crippen LogP contribution in [0.25, 0.3) is 0 Å². The highest BCUT2D eigenvalue weighted by Gasteiger charge is 2.32. The molecular weight excluding hydrogens is 333 g/mol. The van der Waals surface area contributed by atoms with Gasteiger partial charge in [0.2, 0.25) is 0 Å². The number of halogens is 4. The van der Waals surface area contributed by atoms with E-state index >= 15 is 0 Å². The van der Waals surface area contributed by atoms with Gasteiger partial charge in [-0.05, 0) is 18.2 Å². The van der Waals surface area contributed by atoms with E-state index in [0.29, 0.717) is 16.2 Å². The maximum Gasteiger partial charge on any atom is 0.573 e. The fourth-order valence-electron chi connectivity index (χ4n) is 1.33. The van der Waals surface area contributed by atoms with Crippen LogP contribution in [0.15, 0.2) is 27.7 Å². The number of anilines is 1. The second kappa shape index (κ2) is 5.40. The summed E-state index contributed by atoms with van der Waals surface area (Å²) < 4.78 is 41.3. The molecule has 98 valence electrons. The highest BCUT2D eigenvalue weighted by atomic mass is 79.9. The molecule has 0 aromatic heterocycles. The molecule has 0 unspecified atom stereocenters. The van der Waals surface area contributed by atoms with E-state index in [4.69, 9.17) is 0 Å². The summed E-state index contributed by atoms with van der Waals surface area (Å²) in [5, 5.41) is 3.43. The summed E-state index contributed by atoms with van der Waals surface area (Å²) in [6.07, 6.45) is -4.72. The Morgan fingerprint density at radius 1 is 1.39 bits per heavy atom. The quantitative estimate of drug-likeness (QED) is 0.887. The van der Waals surface area contributed by atoms with E-state index < -0.39 is 6.36 Å². The molecule has 1 aromatic carbocycles. The monoisotopic (exact) mass is 340 g/mol. The molecule has 0 saturated carbocycles. The van der Waals surface area contributed by atoms with Gasteiger partial charge in [0.1, 0.15) is 0 Å². The Labute approximate surface area is 114 Å². The fraction of sp³-hybridized carbons (Fsp3) is 0.300. The number of ether oxygens (including phenoxy) is 1. The lowest BCUT2D eigenvalue weighted by Gasteiger charge is -2.14. The molecule has 0 bridgehead atoms. The number of nitrogens with one attached hydrogen (secondary N) is 1. The summed E-state index contributed by atoms with van der Waals surface area (Å²) in [7, 11) is 0. The van der Waals surface area contributed by atoms with Crippen molar-refractivity contribution in [1.29, 1.82) is 0 Å². The van der Waals surface area contributed by atoms with Crippen LogP contribution in [-0.2, 0) is 0 Å². The van der Waals surface area contributed by atoms with Crippen LogP contribution in [-0.4, -0.2) is 23.8 Å². The molecule has 2 rings (SSSR count). The number of thioether (sulfide) groups is 1. The first-order valence-electron chi connectivity index (χ1n) is 4.93. The first kappa shape index (κ1) is 13.5. The lowest BCUT2D eigenvalue weighted by atomic mass is 10.3. The van der Waals surface area contributed by atoms with E-state index in [2.05, 4.69) is 31.0 Å². The Balaban J connectivity index is 2.22. The van der Waals surface area contributed by atoms with Gasteiger partial charge < -0.3 is 10.1 Å². The van der Waals surface area contributed by atoms with E-state index in [9.17, 15) is 13.2 Å². The minimum Gasteiger partial charge on any atom is -0.404 e. The number of aliphatic imine (C=N–C) groups is 1. The lowest BCUT2D eigenvalue weighted by Crippen LogP contribution is -2.18. The Hall–Kier alpha value is -0.890. The van der Waals surface area contributed by atoms with Gasteiger partial charge in [-0.3, -0.25) is 4.99 Å². The second-order valence-corrected chi connectivity index (χ2v) is 5.35. The largest absolute Gasteiger partial charge is 0.573 e. The number of amidine groups is 1. The molecule has 18 heavy (non-hydrogen) atoms. The van der Waals surface area contributed by atoms with Gasteiger partial charge in [-0.15, -0.1) is 13.2 Å². The number of rotatable bonds is 2. The molecule has 0 amide bonds. The number of alkyl halides is 3.